The number of halogens is 4. The number of aryl methyl sites for hydroxylation is 1. The van der Waals surface area contributed by atoms with Crippen LogP contribution in [0.5, 0.6) is 11.5 Å². The van der Waals surface area contributed by atoms with Gasteiger partial charge in [-0.2, -0.15) is 18.3 Å². The third-order valence-electron chi connectivity index (χ3n) is 4.85. The van der Waals surface area contributed by atoms with Crippen molar-refractivity contribution in [3.8, 4) is 11.5 Å². The number of carbonyl (C=O) groups is 2. The molecule has 3 aromatic carbocycles. The van der Waals surface area contributed by atoms with Crippen LogP contribution in [0.3, 0.4) is 0 Å². The Kier molecular flexibility index (Phi) is 9.13. The fourth-order valence-electron chi connectivity index (χ4n) is 3.10. The molecule has 0 aliphatic carbocycles. The van der Waals surface area contributed by atoms with Crippen molar-refractivity contribution >= 4 is 35.3 Å². The first-order valence-electron chi connectivity index (χ1n) is 11.0. The van der Waals surface area contributed by atoms with Crippen LogP contribution in [-0.2, 0) is 11.0 Å². The number of benzene rings is 3. The number of alkyl halides is 3. The molecule has 3 rings (SSSR count). The third kappa shape index (κ3) is 7.97. The maximum atomic E-state index is 12.9. The van der Waals surface area contributed by atoms with Crippen LogP contribution in [0.15, 0.2) is 65.8 Å². The molecule has 3 aromatic rings. The van der Waals surface area contributed by atoms with Gasteiger partial charge >= 0.3 is 6.18 Å². The van der Waals surface area contributed by atoms with Gasteiger partial charge in [0.05, 0.1) is 23.4 Å². The van der Waals surface area contributed by atoms with Crippen LogP contribution in [0.25, 0.3) is 0 Å². The third-order valence-corrected chi connectivity index (χ3v) is 5.13. The van der Waals surface area contributed by atoms with Crippen LogP contribution in [-0.4, -0.2) is 31.2 Å². The van der Waals surface area contributed by atoms with E-state index in [0.717, 1.165) is 23.8 Å². The van der Waals surface area contributed by atoms with Gasteiger partial charge < -0.3 is 14.8 Å². The van der Waals surface area contributed by atoms with E-state index in [1.807, 2.05) is 19.1 Å². The fourth-order valence-corrected chi connectivity index (χ4v) is 3.38. The smallest absolute Gasteiger partial charge is 0.416 e. The van der Waals surface area contributed by atoms with Crippen molar-refractivity contribution in [2.45, 2.75) is 20.0 Å². The minimum Gasteiger partial charge on any atom is -0.490 e. The summed E-state index contributed by atoms with van der Waals surface area (Å²) in [7, 11) is 0. The molecule has 2 N–H and O–H groups in total. The second-order valence-electron chi connectivity index (χ2n) is 7.74. The Hall–Kier alpha value is -4.05. The molecule has 7 nitrogen and oxygen atoms in total. The molecule has 0 atom stereocenters. The first kappa shape index (κ1) is 27.5. The molecule has 11 heteroatoms. The zero-order valence-electron chi connectivity index (χ0n) is 19.9. The van der Waals surface area contributed by atoms with Crippen molar-refractivity contribution in [1.29, 1.82) is 0 Å². The first-order chi connectivity index (χ1) is 17.6. The SMILES string of the molecule is CCOc1cc(/C=N\NC(=O)c2cccc(C(F)(F)F)c2)cc(Cl)c1OCC(=O)Nc1ccc(C)cc1. The molecule has 0 saturated carbocycles. The highest BCUT2D eigenvalue weighted by Gasteiger charge is 2.30. The van der Waals surface area contributed by atoms with Gasteiger partial charge in [0.15, 0.2) is 18.1 Å². The highest BCUT2D eigenvalue weighted by Crippen LogP contribution is 2.36. The molecule has 0 unspecified atom stereocenters. The lowest BCUT2D eigenvalue weighted by atomic mass is 10.1. The lowest BCUT2D eigenvalue weighted by Gasteiger charge is -2.14. The molecule has 37 heavy (non-hydrogen) atoms. The van der Waals surface area contributed by atoms with Crippen LogP contribution >= 0.6 is 11.6 Å². The van der Waals surface area contributed by atoms with Gasteiger partial charge in [0, 0.05) is 11.3 Å². The molecule has 0 saturated heterocycles. The Morgan fingerprint density at radius 3 is 2.46 bits per heavy atom. The second kappa shape index (κ2) is 12.3. The van der Waals surface area contributed by atoms with E-state index in [0.29, 0.717) is 11.3 Å². The quantitative estimate of drug-likeness (QED) is 0.267. The monoisotopic (exact) mass is 533 g/mol. The summed E-state index contributed by atoms with van der Waals surface area (Å²) in [4.78, 5) is 24.5. The van der Waals surface area contributed by atoms with Crippen molar-refractivity contribution < 1.29 is 32.2 Å². The Labute approximate surface area is 216 Å². The zero-order valence-corrected chi connectivity index (χ0v) is 20.6. The van der Waals surface area contributed by atoms with Crippen molar-refractivity contribution in [3.63, 3.8) is 0 Å². The topological polar surface area (TPSA) is 89.0 Å². The van der Waals surface area contributed by atoms with Gasteiger partial charge in [-0.3, -0.25) is 9.59 Å². The Morgan fingerprint density at radius 2 is 1.78 bits per heavy atom. The van der Waals surface area contributed by atoms with Crippen LogP contribution in [0.2, 0.25) is 5.02 Å². The minimum absolute atomic E-state index is 0.125. The number of nitrogens with one attached hydrogen (secondary N) is 2. The largest absolute Gasteiger partial charge is 0.490 e. The molecule has 0 fully saturated rings. The van der Waals surface area contributed by atoms with Crippen molar-refractivity contribution in [2.75, 3.05) is 18.5 Å². The lowest BCUT2D eigenvalue weighted by molar-refractivity contribution is -0.137. The normalized spacial score (nSPS) is 11.3. The van der Waals surface area contributed by atoms with Gasteiger partial charge in [-0.25, -0.2) is 5.43 Å². The molecular formula is C26H23ClF3N3O4. The fraction of sp³-hybridized carbons (Fsp3) is 0.192. The molecule has 0 bridgehead atoms. The maximum absolute atomic E-state index is 12.9. The van der Waals surface area contributed by atoms with E-state index in [4.69, 9.17) is 21.1 Å². The number of amides is 2. The molecule has 0 aliphatic heterocycles. The van der Waals surface area contributed by atoms with E-state index < -0.39 is 23.6 Å². The number of hydrazone groups is 1. The van der Waals surface area contributed by atoms with E-state index >= 15 is 0 Å². The van der Waals surface area contributed by atoms with Gasteiger partial charge in [0.25, 0.3) is 11.8 Å². The van der Waals surface area contributed by atoms with Gasteiger partial charge in [0.2, 0.25) is 0 Å². The van der Waals surface area contributed by atoms with Gasteiger partial charge in [0.1, 0.15) is 0 Å². The summed E-state index contributed by atoms with van der Waals surface area (Å²) in [5, 5.41) is 6.62. The summed E-state index contributed by atoms with van der Waals surface area (Å²) in [6.45, 7) is 3.63. The molecule has 0 spiro atoms. The average Bonchev–Trinajstić information content (AvgIpc) is 2.84. The van der Waals surface area contributed by atoms with E-state index in [1.165, 1.54) is 24.4 Å². The molecule has 2 amide bonds. The van der Waals surface area contributed by atoms with Crippen LogP contribution in [0.4, 0.5) is 18.9 Å². The molecule has 194 valence electrons. The Bertz CT molecular complexity index is 1300. The van der Waals surface area contributed by atoms with E-state index in [2.05, 4.69) is 15.8 Å². The summed E-state index contributed by atoms with van der Waals surface area (Å²) in [5.74, 6) is -0.833. The van der Waals surface area contributed by atoms with Crippen molar-refractivity contribution in [3.05, 3.63) is 87.9 Å². The summed E-state index contributed by atoms with van der Waals surface area (Å²) in [6.07, 6.45) is -3.33. The molecule has 0 aromatic heterocycles. The van der Waals surface area contributed by atoms with Crippen LogP contribution in [0, 0.1) is 6.92 Å². The van der Waals surface area contributed by atoms with Crippen LogP contribution < -0.4 is 20.2 Å². The summed E-state index contributed by atoms with van der Waals surface area (Å²) >= 11 is 6.34. The number of hydrogen-bond acceptors (Lipinski definition) is 5. The highest BCUT2D eigenvalue weighted by molar-refractivity contribution is 6.32. The predicted molar refractivity (Wildman–Crippen MR) is 134 cm³/mol. The number of carbonyl (C=O) groups excluding carboxylic acids is 2. The average molecular weight is 534 g/mol. The van der Waals surface area contributed by atoms with Gasteiger partial charge in [-0.05, 0) is 61.9 Å². The van der Waals surface area contributed by atoms with Crippen molar-refractivity contribution in [2.24, 2.45) is 5.10 Å². The van der Waals surface area contributed by atoms with E-state index in [1.54, 1.807) is 19.1 Å². The molecule has 0 radical (unpaired) electrons. The standard InChI is InChI=1S/C26H23ClF3N3O4/c1-3-36-22-12-17(14-31-33-25(35)18-5-4-6-19(13-18)26(28,29)30)11-21(27)24(22)37-15-23(34)32-20-9-7-16(2)8-10-20/h4-14H,3,15H2,1-2H3,(H,32,34)(H,33,35)/b31-14-. The number of hydrogen-bond donors (Lipinski definition) is 2. The van der Waals surface area contributed by atoms with E-state index in [9.17, 15) is 22.8 Å². The summed E-state index contributed by atoms with van der Waals surface area (Å²) in [5.41, 5.74) is 3.12. The summed E-state index contributed by atoms with van der Waals surface area (Å²) < 4.78 is 49.8. The van der Waals surface area contributed by atoms with Gasteiger partial charge in [-0.1, -0.05) is 35.4 Å². The maximum Gasteiger partial charge on any atom is 0.416 e. The Morgan fingerprint density at radius 1 is 1.05 bits per heavy atom. The van der Waals surface area contributed by atoms with E-state index in [-0.39, 0.29) is 35.3 Å². The Balaban J connectivity index is 1.66. The zero-order chi connectivity index (χ0) is 27.0. The summed E-state index contributed by atoms with van der Waals surface area (Å²) in [6, 6.07) is 14.2. The highest BCUT2D eigenvalue weighted by atomic mass is 35.5. The first-order valence-corrected chi connectivity index (χ1v) is 11.4. The molecular weight excluding hydrogens is 511 g/mol. The number of rotatable bonds is 9. The van der Waals surface area contributed by atoms with Crippen LogP contribution in [0.1, 0.15) is 34.0 Å². The van der Waals surface area contributed by atoms with Gasteiger partial charge in [-0.15, -0.1) is 0 Å². The second-order valence-corrected chi connectivity index (χ2v) is 8.15. The minimum atomic E-state index is -4.57. The molecule has 0 aliphatic rings. The number of anilines is 1. The van der Waals surface area contributed by atoms with Crippen molar-refractivity contribution in [1.82, 2.24) is 5.43 Å². The number of nitrogens with zero attached hydrogens (tertiary/aromatic N) is 1. The predicted octanol–water partition coefficient (Wildman–Crippen LogP) is 5.85. The number of ether oxygens (including phenoxy) is 2. The molecule has 0 heterocycles. The lowest BCUT2D eigenvalue weighted by Crippen LogP contribution is -2.20.